The molecule has 4 rings (SSSR count). The van der Waals surface area contributed by atoms with E-state index in [1.807, 2.05) is 31.2 Å². The zero-order chi connectivity index (χ0) is 23.9. The molecule has 0 fully saturated rings. The Morgan fingerprint density at radius 2 is 2.00 bits per heavy atom. The van der Waals surface area contributed by atoms with E-state index in [0.717, 1.165) is 16.5 Å². The molecule has 0 saturated heterocycles. The van der Waals surface area contributed by atoms with Crippen LogP contribution in [0.25, 0.3) is 10.9 Å². The maximum atomic E-state index is 13.4. The molecule has 2 N–H and O–H groups in total. The molecule has 0 aliphatic carbocycles. The van der Waals surface area contributed by atoms with Crippen LogP contribution >= 0.6 is 11.6 Å². The molecular formula is C25H22ClFN4O3. The van der Waals surface area contributed by atoms with Gasteiger partial charge in [0, 0.05) is 11.1 Å². The first-order chi connectivity index (χ1) is 16.5. The summed E-state index contributed by atoms with van der Waals surface area (Å²) in [6.45, 7) is 2.04. The Kier molecular flexibility index (Phi) is 7.51. The summed E-state index contributed by atoms with van der Waals surface area (Å²) in [4.78, 5) is 13.8. The van der Waals surface area contributed by atoms with Crippen LogP contribution in [-0.4, -0.2) is 34.0 Å². The first-order valence-electron chi connectivity index (χ1n) is 10.5. The van der Waals surface area contributed by atoms with Crippen molar-refractivity contribution in [3.05, 3.63) is 89.0 Å². The van der Waals surface area contributed by atoms with Crippen LogP contribution in [0, 0.1) is 5.82 Å². The molecule has 0 aliphatic heterocycles. The van der Waals surface area contributed by atoms with Crippen molar-refractivity contribution in [1.82, 2.24) is 9.97 Å². The number of hydrogen-bond donors (Lipinski definition) is 2. The van der Waals surface area contributed by atoms with Gasteiger partial charge in [-0.15, -0.1) is 0 Å². The van der Waals surface area contributed by atoms with Gasteiger partial charge in [-0.2, -0.15) is 0 Å². The minimum Gasteiger partial charge on any atom is -0.487 e. The monoisotopic (exact) mass is 480 g/mol. The van der Waals surface area contributed by atoms with Crippen molar-refractivity contribution in [2.75, 3.05) is 18.5 Å². The number of benzene rings is 3. The Morgan fingerprint density at radius 3 is 2.79 bits per heavy atom. The standard InChI is InChI=1S/C25H22ClFN4O3/c1-16(31-34-10-9-32)18-5-7-23-21(12-18)25(29-15-28-23)30-20-6-8-24(22(26)13-20)33-14-17-3-2-4-19(27)11-17/h2-8,11-13,15,32H,9-10,14H2,1H3,(H,28,29,30)/b31-16+. The summed E-state index contributed by atoms with van der Waals surface area (Å²) >= 11 is 6.42. The molecule has 0 unspecified atom stereocenters. The summed E-state index contributed by atoms with van der Waals surface area (Å²) in [5.41, 5.74) is 3.68. The predicted molar refractivity (Wildman–Crippen MR) is 130 cm³/mol. The molecule has 7 nitrogen and oxygen atoms in total. The number of ether oxygens (including phenoxy) is 1. The summed E-state index contributed by atoms with van der Waals surface area (Å²) in [6, 6.07) is 17.2. The van der Waals surface area contributed by atoms with E-state index in [0.29, 0.717) is 33.6 Å². The highest BCUT2D eigenvalue weighted by molar-refractivity contribution is 6.32. The smallest absolute Gasteiger partial charge is 0.141 e. The molecule has 174 valence electrons. The SMILES string of the molecule is C/C(=N\OCCO)c1ccc2ncnc(Nc3ccc(OCc4cccc(F)c4)c(Cl)c3)c2c1. The fourth-order valence-electron chi connectivity index (χ4n) is 3.24. The first-order valence-corrected chi connectivity index (χ1v) is 10.9. The number of rotatable bonds is 9. The van der Waals surface area contributed by atoms with Gasteiger partial charge >= 0.3 is 0 Å². The van der Waals surface area contributed by atoms with Gasteiger partial charge in [0.05, 0.1) is 22.9 Å². The quantitative estimate of drug-likeness (QED) is 0.187. The van der Waals surface area contributed by atoms with E-state index in [-0.39, 0.29) is 25.6 Å². The molecule has 0 spiro atoms. The lowest BCUT2D eigenvalue weighted by Gasteiger charge is -2.12. The lowest BCUT2D eigenvalue weighted by atomic mass is 10.1. The summed E-state index contributed by atoms with van der Waals surface area (Å²) in [5, 5.41) is 17.3. The third-order valence-electron chi connectivity index (χ3n) is 4.92. The molecule has 0 bridgehead atoms. The molecule has 1 heterocycles. The number of nitrogens with one attached hydrogen (secondary N) is 1. The maximum absolute atomic E-state index is 13.4. The van der Waals surface area contributed by atoms with Crippen molar-refractivity contribution in [3.63, 3.8) is 0 Å². The summed E-state index contributed by atoms with van der Waals surface area (Å²) < 4.78 is 19.1. The van der Waals surface area contributed by atoms with Crippen molar-refractivity contribution < 1.29 is 19.1 Å². The lowest BCUT2D eigenvalue weighted by Crippen LogP contribution is -2.01. The highest BCUT2D eigenvalue weighted by Crippen LogP contribution is 2.31. The lowest BCUT2D eigenvalue weighted by molar-refractivity contribution is 0.0986. The van der Waals surface area contributed by atoms with Crippen molar-refractivity contribution in [2.45, 2.75) is 13.5 Å². The molecular weight excluding hydrogens is 459 g/mol. The van der Waals surface area contributed by atoms with Crippen LogP contribution in [-0.2, 0) is 11.4 Å². The number of oxime groups is 1. The molecule has 4 aromatic rings. The largest absolute Gasteiger partial charge is 0.487 e. The first kappa shape index (κ1) is 23.4. The van der Waals surface area contributed by atoms with E-state index in [1.165, 1.54) is 18.5 Å². The number of fused-ring (bicyclic) bond motifs is 1. The highest BCUT2D eigenvalue weighted by atomic mass is 35.5. The van der Waals surface area contributed by atoms with E-state index >= 15 is 0 Å². The summed E-state index contributed by atoms with van der Waals surface area (Å²) in [6.07, 6.45) is 1.48. The van der Waals surface area contributed by atoms with Crippen molar-refractivity contribution in [3.8, 4) is 5.75 Å². The van der Waals surface area contributed by atoms with Gasteiger partial charge in [-0.05, 0) is 60.5 Å². The minimum atomic E-state index is -0.314. The Hall–Kier alpha value is -3.75. The van der Waals surface area contributed by atoms with E-state index in [4.69, 9.17) is 26.3 Å². The van der Waals surface area contributed by atoms with Crippen LogP contribution in [0.5, 0.6) is 5.75 Å². The van der Waals surface area contributed by atoms with Gasteiger partial charge in [-0.1, -0.05) is 35.0 Å². The van der Waals surface area contributed by atoms with Gasteiger partial charge in [0.2, 0.25) is 0 Å². The Bertz CT molecular complexity index is 1330. The predicted octanol–water partition coefficient (Wildman–Crippen LogP) is 5.48. The number of aromatic nitrogens is 2. The average molecular weight is 481 g/mol. The number of hydrogen-bond acceptors (Lipinski definition) is 7. The molecule has 0 radical (unpaired) electrons. The molecule has 1 aromatic heterocycles. The van der Waals surface area contributed by atoms with E-state index in [9.17, 15) is 4.39 Å². The fraction of sp³-hybridized carbons (Fsp3) is 0.160. The molecule has 3 aromatic carbocycles. The number of aliphatic hydroxyl groups is 1. The second-order valence-corrected chi connectivity index (χ2v) is 7.78. The van der Waals surface area contributed by atoms with Crippen LogP contribution in [0.4, 0.5) is 15.9 Å². The molecule has 0 aliphatic rings. The third kappa shape index (κ3) is 5.78. The van der Waals surface area contributed by atoms with Crippen molar-refractivity contribution >= 4 is 39.7 Å². The summed E-state index contributed by atoms with van der Waals surface area (Å²) in [7, 11) is 0. The number of nitrogens with zero attached hydrogens (tertiary/aromatic N) is 3. The Morgan fingerprint density at radius 1 is 1.12 bits per heavy atom. The van der Waals surface area contributed by atoms with Gasteiger partial charge in [0.15, 0.2) is 0 Å². The molecule has 0 atom stereocenters. The minimum absolute atomic E-state index is 0.104. The fourth-order valence-corrected chi connectivity index (χ4v) is 3.47. The second kappa shape index (κ2) is 10.9. The number of anilines is 2. The van der Waals surface area contributed by atoms with Gasteiger partial charge in [-0.25, -0.2) is 14.4 Å². The third-order valence-corrected chi connectivity index (χ3v) is 5.21. The van der Waals surface area contributed by atoms with Gasteiger partial charge in [-0.3, -0.25) is 0 Å². The van der Waals surface area contributed by atoms with Gasteiger partial charge in [0.25, 0.3) is 0 Å². The topological polar surface area (TPSA) is 88.9 Å². The van der Waals surface area contributed by atoms with E-state index in [1.54, 1.807) is 24.3 Å². The van der Waals surface area contributed by atoms with Gasteiger partial charge in [0.1, 0.15) is 36.9 Å². The van der Waals surface area contributed by atoms with Crippen molar-refractivity contribution in [2.24, 2.45) is 5.16 Å². The Labute approximate surface area is 200 Å². The molecule has 0 saturated carbocycles. The zero-order valence-corrected chi connectivity index (χ0v) is 19.1. The van der Waals surface area contributed by atoms with Crippen LogP contribution in [0.1, 0.15) is 18.1 Å². The van der Waals surface area contributed by atoms with E-state index in [2.05, 4.69) is 20.4 Å². The molecule has 34 heavy (non-hydrogen) atoms. The highest BCUT2D eigenvalue weighted by Gasteiger charge is 2.10. The van der Waals surface area contributed by atoms with Gasteiger partial charge < -0.3 is 20.0 Å². The second-order valence-electron chi connectivity index (χ2n) is 7.38. The molecule has 0 amide bonds. The summed E-state index contributed by atoms with van der Waals surface area (Å²) in [5.74, 6) is 0.771. The normalized spacial score (nSPS) is 11.5. The maximum Gasteiger partial charge on any atom is 0.141 e. The average Bonchev–Trinajstić information content (AvgIpc) is 2.83. The van der Waals surface area contributed by atoms with Crippen molar-refractivity contribution in [1.29, 1.82) is 0 Å². The number of aliphatic hydroxyl groups excluding tert-OH is 1. The van der Waals surface area contributed by atoms with Crippen LogP contribution in [0.15, 0.2) is 72.1 Å². The van der Waals surface area contributed by atoms with Crippen LogP contribution in [0.3, 0.4) is 0 Å². The van der Waals surface area contributed by atoms with Crippen LogP contribution in [0.2, 0.25) is 5.02 Å². The van der Waals surface area contributed by atoms with Crippen LogP contribution < -0.4 is 10.1 Å². The molecule has 9 heteroatoms. The number of halogens is 2. The zero-order valence-electron chi connectivity index (χ0n) is 18.3. The van der Waals surface area contributed by atoms with E-state index < -0.39 is 0 Å². The Balaban J connectivity index is 1.53.